The number of azo groups is 1. The molecule has 2 N–H and O–H groups in total. The fourth-order valence-electron chi connectivity index (χ4n) is 2.75. The Morgan fingerprint density at radius 1 is 1.14 bits per heavy atom. The first-order valence-electron chi connectivity index (χ1n) is 8.65. The predicted octanol–water partition coefficient (Wildman–Crippen LogP) is 3.33. The Morgan fingerprint density at radius 2 is 1.76 bits per heavy atom. The Morgan fingerprint density at radius 3 is 2.28 bits per heavy atom. The molecule has 0 fully saturated rings. The number of nitrogens with zero attached hydrogens (tertiary/aromatic N) is 3. The number of nitrogens with one attached hydrogen (secondary N) is 2. The number of carbonyl (C=O) groups excluding carboxylic acids is 3. The number of hydrogen-bond acceptors (Lipinski definition) is 7. The predicted molar refractivity (Wildman–Crippen MR) is 114 cm³/mol. The van der Waals surface area contributed by atoms with E-state index in [0.29, 0.717) is 8.95 Å². The summed E-state index contributed by atoms with van der Waals surface area (Å²) >= 11 is 6.71. The number of benzene rings is 1. The second-order valence-electron chi connectivity index (χ2n) is 6.46. The van der Waals surface area contributed by atoms with Crippen molar-refractivity contribution in [2.45, 2.75) is 13.8 Å². The highest BCUT2D eigenvalue weighted by atomic mass is 79.9. The normalized spacial score (nSPS) is 14.4. The maximum absolute atomic E-state index is 13.0. The van der Waals surface area contributed by atoms with Gasteiger partial charge in [0.1, 0.15) is 5.69 Å². The third-order valence-electron chi connectivity index (χ3n) is 4.01. The van der Waals surface area contributed by atoms with Crippen molar-refractivity contribution in [2.24, 2.45) is 16.1 Å². The van der Waals surface area contributed by atoms with Gasteiger partial charge in [-0.3, -0.25) is 19.3 Å². The van der Waals surface area contributed by atoms with Crippen LogP contribution in [0.15, 0.2) is 36.8 Å². The number of amides is 3. The molecule has 1 aromatic carbocycles. The molecule has 1 aromatic rings. The van der Waals surface area contributed by atoms with Crippen LogP contribution in [0.5, 0.6) is 0 Å². The lowest BCUT2D eigenvalue weighted by Gasteiger charge is -2.15. The zero-order valence-corrected chi connectivity index (χ0v) is 19.8. The fraction of sp³-hybridized carbons (Fsp3) is 0.389. The van der Waals surface area contributed by atoms with E-state index in [4.69, 9.17) is 4.74 Å². The maximum Gasteiger partial charge on any atom is 0.277 e. The number of methoxy groups -OCH3 is 1. The summed E-state index contributed by atoms with van der Waals surface area (Å²) < 4.78 is 6.03. The molecule has 29 heavy (non-hydrogen) atoms. The van der Waals surface area contributed by atoms with Crippen LogP contribution >= 0.6 is 31.9 Å². The molecule has 9 nitrogen and oxygen atoms in total. The maximum atomic E-state index is 13.0. The van der Waals surface area contributed by atoms with E-state index < -0.39 is 17.7 Å². The Labute approximate surface area is 185 Å². The summed E-state index contributed by atoms with van der Waals surface area (Å²) in [6, 6.07) is 1.62. The zero-order chi connectivity index (χ0) is 21.9. The quantitative estimate of drug-likeness (QED) is 0.243. The lowest BCUT2D eigenvalue weighted by molar-refractivity contribution is -0.117. The van der Waals surface area contributed by atoms with Crippen molar-refractivity contribution in [2.75, 3.05) is 27.7 Å². The van der Waals surface area contributed by atoms with Crippen LogP contribution in [0.3, 0.4) is 0 Å². The molecule has 0 unspecified atom stereocenters. The van der Waals surface area contributed by atoms with Gasteiger partial charge in [-0.25, -0.2) is 0 Å². The van der Waals surface area contributed by atoms with E-state index in [2.05, 4.69) is 52.7 Å². The van der Waals surface area contributed by atoms with Crippen molar-refractivity contribution < 1.29 is 19.1 Å². The van der Waals surface area contributed by atoms with Crippen LogP contribution in [0.2, 0.25) is 0 Å². The van der Waals surface area contributed by atoms with E-state index in [9.17, 15) is 14.4 Å². The van der Waals surface area contributed by atoms with Crippen molar-refractivity contribution in [3.63, 3.8) is 0 Å². The number of likely N-dealkylation sites (N-methyl/N-ethyl adjacent to an activating group) is 1. The van der Waals surface area contributed by atoms with E-state index >= 15 is 0 Å². The van der Waals surface area contributed by atoms with Gasteiger partial charge in [-0.2, -0.15) is 0 Å². The summed E-state index contributed by atoms with van der Waals surface area (Å²) in [6.45, 7) is 4.11. The molecule has 1 heterocycles. The average molecular weight is 531 g/mol. The number of halogens is 2. The van der Waals surface area contributed by atoms with Gasteiger partial charge in [0.05, 0.1) is 18.2 Å². The van der Waals surface area contributed by atoms with Crippen molar-refractivity contribution in [3.8, 4) is 0 Å². The fourth-order valence-corrected chi connectivity index (χ4v) is 4.16. The van der Waals surface area contributed by atoms with Crippen LogP contribution in [0.4, 0.5) is 5.69 Å². The first kappa shape index (κ1) is 23.0. The second kappa shape index (κ2) is 9.49. The topological polar surface area (TPSA) is 112 Å². The Hall–Kier alpha value is -2.27. The Balaban J connectivity index is 2.64. The molecule has 0 bridgehead atoms. The highest BCUT2D eigenvalue weighted by molar-refractivity contribution is 9.11. The van der Waals surface area contributed by atoms with Gasteiger partial charge in [-0.15, -0.1) is 10.2 Å². The van der Waals surface area contributed by atoms with Gasteiger partial charge in [0.15, 0.2) is 0 Å². The third-order valence-corrected chi connectivity index (χ3v) is 5.24. The molecule has 0 aromatic heterocycles. The highest BCUT2D eigenvalue weighted by Crippen LogP contribution is 2.42. The van der Waals surface area contributed by atoms with Crippen molar-refractivity contribution in [1.29, 1.82) is 0 Å². The molecule has 0 atom stereocenters. The number of hydrogen-bond donors (Lipinski definition) is 2. The molecule has 0 saturated heterocycles. The smallest absolute Gasteiger partial charge is 0.277 e. The lowest BCUT2D eigenvalue weighted by atomic mass is 10.1. The van der Waals surface area contributed by atoms with Gasteiger partial charge in [0, 0.05) is 29.6 Å². The van der Waals surface area contributed by atoms with Crippen LogP contribution in [0.25, 0.3) is 0 Å². The lowest BCUT2D eigenvalue weighted by Crippen LogP contribution is -2.33. The number of fused-ring (bicyclic) bond motifs is 1. The van der Waals surface area contributed by atoms with Crippen LogP contribution < -0.4 is 10.6 Å². The number of carbonyl (C=O) groups is 3. The first-order valence-corrected chi connectivity index (χ1v) is 10.2. The van der Waals surface area contributed by atoms with Gasteiger partial charge in [0.2, 0.25) is 11.6 Å². The molecule has 0 spiro atoms. The van der Waals surface area contributed by atoms with E-state index in [0.717, 1.165) is 0 Å². The Bertz CT molecular complexity index is 921. The largest absolute Gasteiger partial charge is 0.481 e. The summed E-state index contributed by atoms with van der Waals surface area (Å²) in [5.41, 5.74) is 0.386. The number of ether oxygens (including phenoxy) is 1. The first-order chi connectivity index (χ1) is 13.7. The molecular formula is C18H21Br2N5O4. The van der Waals surface area contributed by atoms with Gasteiger partial charge in [-0.05, 0) is 43.8 Å². The van der Waals surface area contributed by atoms with Crippen LogP contribution in [0.1, 0.15) is 34.6 Å². The van der Waals surface area contributed by atoms with E-state index in [1.54, 1.807) is 13.1 Å². The molecule has 0 aliphatic carbocycles. The van der Waals surface area contributed by atoms with E-state index in [1.807, 2.05) is 13.8 Å². The summed E-state index contributed by atoms with van der Waals surface area (Å²) in [5, 5.41) is 13.3. The van der Waals surface area contributed by atoms with Gasteiger partial charge in [0.25, 0.3) is 17.7 Å². The molecule has 1 aliphatic rings. The van der Waals surface area contributed by atoms with Crippen molar-refractivity contribution in [3.05, 3.63) is 37.7 Å². The summed E-state index contributed by atoms with van der Waals surface area (Å²) in [7, 11) is 4.39. The number of rotatable bonds is 7. The van der Waals surface area contributed by atoms with Crippen LogP contribution in [-0.4, -0.2) is 50.4 Å². The monoisotopic (exact) mass is 529 g/mol. The van der Waals surface area contributed by atoms with Crippen molar-refractivity contribution >= 4 is 55.3 Å². The number of imide groups is 1. The molecule has 0 saturated carbocycles. The van der Waals surface area contributed by atoms with Gasteiger partial charge >= 0.3 is 0 Å². The molecule has 11 heteroatoms. The van der Waals surface area contributed by atoms with Crippen LogP contribution in [0, 0.1) is 5.92 Å². The second-order valence-corrected chi connectivity index (χ2v) is 8.17. The minimum absolute atomic E-state index is 0.0989. The Kier molecular flexibility index (Phi) is 7.53. The average Bonchev–Trinajstić information content (AvgIpc) is 2.91. The molecule has 2 rings (SSSR count). The van der Waals surface area contributed by atoms with Gasteiger partial charge in [-0.1, -0.05) is 13.8 Å². The minimum atomic E-state index is -0.534. The van der Waals surface area contributed by atoms with Crippen molar-refractivity contribution in [1.82, 2.24) is 15.5 Å². The SMILES string of the molecule is CNC(=O)/C(N=Nc1c(Br)cc(Br)c2c1C(=O)N(CC(C)C)C2=O)=C(\NC)OC. The van der Waals surface area contributed by atoms with Crippen LogP contribution in [-0.2, 0) is 9.53 Å². The minimum Gasteiger partial charge on any atom is -0.481 e. The molecule has 1 aliphatic heterocycles. The zero-order valence-electron chi connectivity index (χ0n) is 16.6. The summed E-state index contributed by atoms with van der Waals surface area (Å²) in [5.74, 6) is -1.19. The summed E-state index contributed by atoms with van der Waals surface area (Å²) in [6.07, 6.45) is 0. The highest BCUT2D eigenvalue weighted by Gasteiger charge is 2.40. The standard InChI is InChI=1S/C18H21Br2N5O4/c1-8(2)7-25-17(27)11-9(19)6-10(20)13(12(11)18(25)28)23-24-14(15(26)21-3)16(22-4)29-5/h6,8,22H,7H2,1-5H3,(H,21,26)/b16-14-,24-23?. The third kappa shape index (κ3) is 4.50. The molecular weight excluding hydrogens is 510 g/mol. The van der Waals surface area contributed by atoms with E-state index in [-0.39, 0.29) is 40.9 Å². The summed E-state index contributed by atoms with van der Waals surface area (Å²) in [4.78, 5) is 39.1. The molecule has 156 valence electrons. The van der Waals surface area contributed by atoms with Gasteiger partial charge < -0.3 is 15.4 Å². The molecule has 3 amide bonds. The molecule has 0 radical (unpaired) electrons. The van der Waals surface area contributed by atoms with E-state index in [1.165, 1.54) is 19.1 Å².